The van der Waals surface area contributed by atoms with E-state index in [1.165, 1.54) is 11.8 Å². The molecule has 2 aromatic heterocycles. The average molecular weight is 319 g/mol. The number of carbonyl (C=O) groups is 1. The van der Waals surface area contributed by atoms with Crippen molar-refractivity contribution in [2.24, 2.45) is 7.05 Å². The lowest BCUT2D eigenvalue weighted by molar-refractivity contribution is -0.364. The van der Waals surface area contributed by atoms with Crippen molar-refractivity contribution < 1.29 is 9.78 Å². The average Bonchev–Trinajstić information content (AvgIpc) is 2.99. The Balaban J connectivity index is 1.49. The van der Waals surface area contributed by atoms with Crippen LogP contribution in [0.2, 0.25) is 0 Å². The van der Waals surface area contributed by atoms with Gasteiger partial charge in [0.05, 0.1) is 25.0 Å². The van der Waals surface area contributed by atoms with E-state index in [9.17, 15) is 4.79 Å². The Labute approximate surface area is 133 Å². The van der Waals surface area contributed by atoms with Crippen molar-refractivity contribution >= 4 is 23.5 Å². The van der Waals surface area contributed by atoms with Gasteiger partial charge < -0.3 is 9.47 Å². The molecule has 22 heavy (non-hydrogen) atoms. The van der Waals surface area contributed by atoms with E-state index < -0.39 is 0 Å². The number of amides is 1. The molecule has 0 bridgehead atoms. The van der Waals surface area contributed by atoms with Gasteiger partial charge in [0.1, 0.15) is 19.4 Å². The van der Waals surface area contributed by atoms with Crippen LogP contribution in [0.3, 0.4) is 0 Å². The Morgan fingerprint density at radius 3 is 2.77 bits per heavy atom. The quantitative estimate of drug-likeness (QED) is 0.746. The molecule has 0 spiro atoms. The van der Waals surface area contributed by atoms with E-state index >= 15 is 0 Å². The minimum Gasteiger partial charge on any atom is -0.334 e. The van der Waals surface area contributed by atoms with E-state index in [0.29, 0.717) is 5.75 Å². The summed E-state index contributed by atoms with van der Waals surface area (Å²) < 4.78 is 1.82. The second kappa shape index (κ2) is 6.78. The number of aromatic amines is 1. The zero-order valence-electron chi connectivity index (χ0n) is 12.5. The van der Waals surface area contributed by atoms with Crippen LogP contribution in [0.1, 0.15) is 0 Å². The molecule has 116 valence electrons. The molecular weight excluding hydrogens is 300 g/mol. The molecule has 0 saturated carbocycles. The third kappa shape index (κ3) is 3.38. The predicted molar refractivity (Wildman–Crippen MR) is 83.5 cm³/mol. The summed E-state index contributed by atoms with van der Waals surface area (Å²) in [6, 6.07) is 6.04. The fourth-order valence-corrected chi connectivity index (χ4v) is 3.19. The van der Waals surface area contributed by atoms with Gasteiger partial charge in [0, 0.05) is 13.1 Å². The maximum atomic E-state index is 12.3. The standard InChI is InChI=1S/C14H18N6OS/c1-18-11-16-17-14(18)22-10-13(21)20-8-6-19(7-9-20)12-4-2-3-5-15-12/h2-5,11H,6-10H2,1H3/p+1. The number of piperazine rings is 1. The number of aryl methyl sites for hydroxylation is 1. The number of nitrogens with one attached hydrogen (secondary N) is 1. The molecule has 1 aliphatic rings. The van der Waals surface area contributed by atoms with Gasteiger partial charge in [-0.15, -0.1) is 10.2 Å². The zero-order chi connectivity index (χ0) is 15.4. The summed E-state index contributed by atoms with van der Waals surface area (Å²) >= 11 is 1.43. The number of thioether (sulfide) groups is 1. The van der Waals surface area contributed by atoms with Crippen molar-refractivity contribution in [1.29, 1.82) is 0 Å². The second-order valence-corrected chi connectivity index (χ2v) is 6.07. The van der Waals surface area contributed by atoms with Crippen LogP contribution in [-0.4, -0.2) is 57.5 Å². The van der Waals surface area contributed by atoms with Crippen molar-refractivity contribution in [2.75, 3.05) is 36.8 Å². The smallest absolute Gasteiger partial charge is 0.274 e. The minimum atomic E-state index is 0.157. The molecule has 0 unspecified atom stereocenters. The minimum absolute atomic E-state index is 0.157. The van der Waals surface area contributed by atoms with Crippen LogP contribution in [0.4, 0.5) is 5.82 Å². The van der Waals surface area contributed by atoms with Crippen LogP contribution < -0.4 is 9.88 Å². The molecule has 3 rings (SSSR count). The number of H-pyrrole nitrogens is 1. The predicted octanol–water partition coefficient (Wildman–Crippen LogP) is 0.0701. The largest absolute Gasteiger partial charge is 0.334 e. The normalized spacial score (nSPS) is 15.1. The molecule has 8 heteroatoms. The Morgan fingerprint density at radius 1 is 1.32 bits per heavy atom. The summed E-state index contributed by atoms with van der Waals surface area (Å²) in [7, 11) is 1.88. The van der Waals surface area contributed by atoms with Crippen LogP contribution in [0, 0.1) is 0 Å². The molecule has 0 radical (unpaired) electrons. The van der Waals surface area contributed by atoms with Gasteiger partial charge in [-0.25, -0.2) is 4.98 Å². The first-order valence-corrected chi connectivity index (χ1v) is 8.19. The maximum absolute atomic E-state index is 12.3. The highest BCUT2D eigenvalue weighted by Gasteiger charge is 2.26. The molecule has 7 nitrogen and oxygen atoms in total. The van der Waals surface area contributed by atoms with E-state index in [2.05, 4.69) is 26.1 Å². The van der Waals surface area contributed by atoms with Crippen LogP contribution in [-0.2, 0) is 11.8 Å². The Kier molecular flexibility index (Phi) is 4.57. The number of hydrogen-bond donors (Lipinski definition) is 0. The molecule has 2 aromatic rings. The summed E-state index contributed by atoms with van der Waals surface area (Å²) in [4.78, 5) is 19.7. The van der Waals surface area contributed by atoms with Crippen LogP contribution in [0.25, 0.3) is 0 Å². The Morgan fingerprint density at radius 2 is 2.14 bits per heavy atom. The fourth-order valence-electron chi connectivity index (χ4n) is 2.40. The summed E-state index contributed by atoms with van der Waals surface area (Å²) in [5, 5.41) is 8.56. The molecule has 0 aliphatic carbocycles. The van der Waals surface area contributed by atoms with Gasteiger partial charge in [-0.05, 0) is 6.07 Å². The van der Waals surface area contributed by atoms with E-state index in [4.69, 9.17) is 0 Å². The number of pyridine rings is 1. The van der Waals surface area contributed by atoms with Gasteiger partial charge in [0.2, 0.25) is 5.91 Å². The van der Waals surface area contributed by atoms with Gasteiger partial charge in [0.25, 0.3) is 5.82 Å². The lowest BCUT2D eigenvalue weighted by Crippen LogP contribution is -2.50. The number of aromatic nitrogens is 4. The lowest BCUT2D eigenvalue weighted by atomic mass is 10.3. The summed E-state index contributed by atoms with van der Waals surface area (Å²) in [5.74, 6) is 1.66. The molecule has 0 aromatic carbocycles. The van der Waals surface area contributed by atoms with Crippen molar-refractivity contribution in [2.45, 2.75) is 5.16 Å². The van der Waals surface area contributed by atoms with E-state index in [1.807, 2.05) is 34.8 Å². The molecule has 1 saturated heterocycles. The van der Waals surface area contributed by atoms with E-state index in [0.717, 1.165) is 37.2 Å². The molecule has 1 amide bonds. The van der Waals surface area contributed by atoms with E-state index in [1.54, 1.807) is 6.33 Å². The monoisotopic (exact) mass is 319 g/mol. The molecule has 1 fully saturated rings. The first-order valence-electron chi connectivity index (χ1n) is 7.20. The SMILES string of the molecule is Cn1cnnc1SCC(=O)N1CCN(c2cccc[nH+]2)CC1. The van der Waals surface area contributed by atoms with Crippen LogP contribution >= 0.6 is 11.8 Å². The molecule has 3 heterocycles. The first kappa shape index (κ1) is 14.8. The van der Waals surface area contributed by atoms with Gasteiger partial charge in [-0.3, -0.25) is 9.69 Å². The van der Waals surface area contributed by atoms with Crippen LogP contribution in [0.5, 0.6) is 0 Å². The number of nitrogens with zero attached hydrogens (tertiary/aromatic N) is 5. The van der Waals surface area contributed by atoms with Gasteiger partial charge >= 0.3 is 0 Å². The topological polar surface area (TPSA) is 68.4 Å². The van der Waals surface area contributed by atoms with Crippen molar-refractivity contribution in [3.8, 4) is 0 Å². The summed E-state index contributed by atoms with van der Waals surface area (Å²) in [6.45, 7) is 3.20. The highest BCUT2D eigenvalue weighted by Crippen LogP contribution is 2.15. The third-order valence-electron chi connectivity index (χ3n) is 3.66. The molecule has 0 atom stereocenters. The number of rotatable bonds is 4. The highest BCUT2D eigenvalue weighted by atomic mass is 32.2. The fraction of sp³-hybridized carbons (Fsp3) is 0.429. The molecule has 1 aliphatic heterocycles. The molecular formula is C14H19N6OS+. The van der Waals surface area contributed by atoms with E-state index in [-0.39, 0.29) is 5.91 Å². The summed E-state index contributed by atoms with van der Waals surface area (Å²) in [5.41, 5.74) is 0. The first-order chi connectivity index (χ1) is 10.7. The van der Waals surface area contributed by atoms with Crippen LogP contribution in [0.15, 0.2) is 35.9 Å². The number of carbonyl (C=O) groups excluding carboxylic acids is 1. The Bertz CT molecular complexity index is 623. The molecule has 1 N–H and O–H groups in total. The number of hydrogen-bond acceptors (Lipinski definition) is 5. The van der Waals surface area contributed by atoms with Crippen molar-refractivity contribution in [1.82, 2.24) is 19.7 Å². The van der Waals surface area contributed by atoms with Gasteiger partial charge in [-0.1, -0.05) is 17.8 Å². The lowest BCUT2D eigenvalue weighted by Gasteiger charge is -2.30. The van der Waals surface area contributed by atoms with Crippen molar-refractivity contribution in [3.63, 3.8) is 0 Å². The van der Waals surface area contributed by atoms with Crippen molar-refractivity contribution in [3.05, 3.63) is 30.7 Å². The third-order valence-corrected chi connectivity index (χ3v) is 4.68. The Hall–Kier alpha value is -2.09. The maximum Gasteiger partial charge on any atom is 0.274 e. The second-order valence-electron chi connectivity index (χ2n) is 5.13. The van der Waals surface area contributed by atoms with Gasteiger partial charge in [0.15, 0.2) is 5.16 Å². The zero-order valence-corrected chi connectivity index (χ0v) is 13.3. The number of anilines is 1. The summed E-state index contributed by atoms with van der Waals surface area (Å²) in [6.07, 6.45) is 3.56. The highest BCUT2D eigenvalue weighted by molar-refractivity contribution is 7.99. The van der Waals surface area contributed by atoms with Gasteiger partial charge in [-0.2, -0.15) is 0 Å².